The Kier molecular flexibility index (Phi) is 4.18. The third kappa shape index (κ3) is 2.48. The van der Waals surface area contributed by atoms with Gasteiger partial charge < -0.3 is 9.64 Å². The van der Waals surface area contributed by atoms with E-state index in [0.717, 1.165) is 0 Å². The Labute approximate surface area is 106 Å². The largest absolute Gasteiger partial charge is 0.354 e. The maximum atomic E-state index is 12.3. The van der Waals surface area contributed by atoms with Crippen molar-refractivity contribution >= 4 is 21.8 Å². The van der Waals surface area contributed by atoms with Gasteiger partial charge in [-0.15, -0.1) is 0 Å². The maximum absolute atomic E-state index is 12.3. The van der Waals surface area contributed by atoms with E-state index in [2.05, 4.69) is 29.8 Å². The smallest absolute Gasteiger partial charge is 0.252 e. The zero-order valence-electron chi connectivity index (χ0n) is 10.6. The van der Waals surface area contributed by atoms with Gasteiger partial charge in [0.05, 0.1) is 12.6 Å². The summed E-state index contributed by atoms with van der Waals surface area (Å²) in [5, 5.41) is 0. The lowest BCUT2D eigenvalue weighted by Crippen LogP contribution is -2.49. The van der Waals surface area contributed by atoms with E-state index in [1.165, 1.54) is 0 Å². The number of rotatable bonds is 2. The topological polar surface area (TPSA) is 29.5 Å². The minimum Gasteiger partial charge on any atom is -0.354 e. The van der Waals surface area contributed by atoms with Gasteiger partial charge in [0.25, 0.3) is 5.91 Å². The molecule has 0 saturated carbocycles. The average Bonchev–Trinajstić information content (AvgIpc) is 2.51. The van der Waals surface area contributed by atoms with Crippen molar-refractivity contribution in [1.82, 2.24) is 4.90 Å². The van der Waals surface area contributed by atoms with Crippen LogP contribution >= 0.6 is 15.9 Å². The van der Waals surface area contributed by atoms with Crippen molar-refractivity contribution in [2.24, 2.45) is 5.92 Å². The first-order valence-corrected chi connectivity index (χ1v) is 6.47. The van der Waals surface area contributed by atoms with Gasteiger partial charge in [-0.3, -0.25) is 4.79 Å². The van der Waals surface area contributed by atoms with Crippen LogP contribution in [0, 0.1) is 5.92 Å². The summed E-state index contributed by atoms with van der Waals surface area (Å²) in [7, 11) is 0. The fourth-order valence-corrected chi connectivity index (χ4v) is 2.15. The molecule has 1 amide bonds. The van der Waals surface area contributed by atoms with Gasteiger partial charge in [0, 0.05) is 5.57 Å². The van der Waals surface area contributed by atoms with Crippen LogP contribution in [0.15, 0.2) is 10.6 Å². The van der Waals surface area contributed by atoms with Crippen LogP contribution in [0.1, 0.15) is 34.6 Å². The monoisotopic (exact) mass is 289 g/mol. The lowest BCUT2D eigenvalue weighted by atomic mass is 10.0. The van der Waals surface area contributed by atoms with Crippen LogP contribution in [-0.2, 0) is 9.53 Å². The molecule has 0 radical (unpaired) electrons. The molecule has 0 bridgehead atoms. The number of ether oxygens (including phenoxy) is 1. The summed E-state index contributed by atoms with van der Waals surface area (Å²) in [6.07, 6.45) is 0. The van der Waals surface area contributed by atoms with Crippen molar-refractivity contribution in [1.29, 1.82) is 0 Å². The Hall–Kier alpha value is -0.350. The molecule has 1 fully saturated rings. The molecule has 1 aliphatic heterocycles. The van der Waals surface area contributed by atoms with Crippen LogP contribution in [0.25, 0.3) is 0 Å². The highest BCUT2D eigenvalue weighted by Crippen LogP contribution is 2.32. The molecule has 0 aliphatic carbocycles. The lowest BCUT2D eigenvalue weighted by Gasteiger charge is -2.35. The number of hydrogen-bond donors (Lipinski definition) is 0. The van der Waals surface area contributed by atoms with E-state index in [9.17, 15) is 4.79 Å². The van der Waals surface area contributed by atoms with Gasteiger partial charge in [-0.2, -0.15) is 0 Å². The highest BCUT2D eigenvalue weighted by atomic mass is 79.9. The van der Waals surface area contributed by atoms with Gasteiger partial charge >= 0.3 is 0 Å². The molecule has 1 heterocycles. The average molecular weight is 290 g/mol. The number of nitrogens with zero attached hydrogens (tertiary/aromatic N) is 1. The predicted molar refractivity (Wildman–Crippen MR) is 68.2 cm³/mol. The summed E-state index contributed by atoms with van der Waals surface area (Å²) in [4.78, 5) is 15.8. The Morgan fingerprint density at radius 1 is 1.56 bits per heavy atom. The molecule has 0 aromatic carbocycles. The fraction of sp³-hybridized carbons (Fsp3) is 0.750. The van der Waals surface area contributed by atoms with Crippen LogP contribution in [0.4, 0.5) is 0 Å². The summed E-state index contributed by atoms with van der Waals surface area (Å²) < 4.78 is 5.71. The Morgan fingerprint density at radius 2 is 2.12 bits per heavy atom. The van der Waals surface area contributed by atoms with Crippen LogP contribution < -0.4 is 0 Å². The number of amides is 1. The standard InChI is InChI=1S/C12H20BrNO2/c1-8(2)10-7-16-12(4,5)14(10)11(15)9(3)6-13/h6,8,10H,7H2,1-5H3/t10-/m1/s1. The first-order valence-electron chi connectivity index (χ1n) is 5.56. The molecule has 0 aromatic heterocycles. The SMILES string of the molecule is CC(=CBr)C(=O)N1[C@@H](C(C)C)COC1(C)C. The molecule has 0 aromatic rings. The van der Waals surface area contributed by atoms with E-state index in [4.69, 9.17) is 4.74 Å². The van der Waals surface area contributed by atoms with E-state index >= 15 is 0 Å². The Bertz CT molecular complexity index is 310. The number of carbonyl (C=O) groups excluding carboxylic acids is 1. The van der Waals surface area contributed by atoms with Gasteiger partial charge in [0.1, 0.15) is 5.72 Å². The minimum atomic E-state index is -0.511. The lowest BCUT2D eigenvalue weighted by molar-refractivity contribution is -0.142. The van der Waals surface area contributed by atoms with Gasteiger partial charge in [0.15, 0.2) is 0 Å². The zero-order chi connectivity index (χ0) is 12.5. The molecule has 92 valence electrons. The molecule has 0 N–H and O–H groups in total. The minimum absolute atomic E-state index is 0.0399. The summed E-state index contributed by atoms with van der Waals surface area (Å²) in [5.74, 6) is 0.437. The first kappa shape index (κ1) is 13.7. The third-order valence-electron chi connectivity index (χ3n) is 3.01. The zero-order valence-corrected chi connectivity index (χ0v) is 12.2. The molecule has 3 nitrogen and oxygen atoms in total. The molecular weight excluding hydrogens is 270 g/mol. The normalized spacial score (nSPS) is 25.3. The van der Waals surface area contributed by atoms with Gasteiger partial charge in [0.2, 0.25) is 0 Å². The second kappa shape index (κ2) is 4.88. The van der Waals surface area contributed by atoms with E-state index in [1.807, 2.05) is 25.7 Å². The molecule has 16 heavy (non-hydrogen) atoms. The fourth-order valence-electron chi connectivity index (χ4n) is 1.96. The van der Waals surface area contributed by atoms with Crippen LogP contribution in [0.5, 0.6) is 0 Å². The molecule has 4 heteroatoms. The van der Waals surface area contributed by atoms with E-state index < -0.39 is 5.72 Å². The van der Waals surface area contributed by atoms with Crippen LogP contribution in [-0.4, -0.2) is 29.2 Å². The summed E-state index contributed by atoms with van der Waals surface area (Å²) in [6.45, 7) is 10.5. The second-order valence-corrected chi connectivity index (χ2v) is 5.49. The molecule has 1 saturated heterocycles. The maximum Gasteiger partial charge on any atom is 0.252 e. The molecule has 1 aliphatic rings. The molecule has 1 rings (SSSR count). The summed E-state index contributed by atoms with van der Waals surface area (Å²) in [5.41, 5.74) is 0.188. The van der Waals surface area contributed by atoms with Gasteiger partial charge in [-0.1, -0.05) is 29.8 Å². The number of hydrogen-bond acceptors (Lipinski definition) is 2. The molecule has 0 spiro atoms. The van der Waals surface area contributed by atoms with Gasteiger partial charge in [-0.25, -0.2) is 0 Å². The molecule has 0 unspecified atom stereocenters. The van der Waals surface area contributed by atoms with Crippen molar-refractivity contribution < 1.29 is 9.53 Å². The predicted octanol–water partition coefficient (Wildman–Crippen LogP) is 2.90. The van der Waals surface area contributed by atoms with Crippen molar-refractivity contribution in [3.8, 4) is 0 Å². The van der Waals surface area contributed by atoms with Crippen molar-refractivity contribution in [2.75, 3.05) is 6.61 Å². The second-order valence-electron chi connectivity index (χ2n) is 5.04. The third-order valence-corrected chi connectivity index (χ3v) is 3.70. The Balaban J connectivity index is 3.00. The highest BCUT2D eigenvalue weighted by Gasteiger charge is 2.44. The van der Waals surface area contributed by atoms with Crippen LogP contribution in [0.3, 0.4) is 0 Å². The van der Waals surface area contributed by atoms with Crippen LogP contribution in [0.2, 0.25) is 0 Å². The first-order chi connectivity index (χ1) is 7.31. The van der Waals surface area contributed by atoms with E-state index in [0.29, 0.717) is 18.1 Å². The van der Waals surface area contributed by atoms with E-state index in [1.54, 1.807) is 4.99 Å². The van der Waals surface area contributed by atoms with Crippen molar-refractivity contribution in [3.63, 3.8) is 0 Å². The highest BCUT2D eigenvalue weighted by molar-refractivity contribution is 9.11. The van der Waals surface area contributed by atoms with E-state index in [-0.39, 0.29) is 11.9 Å². The van der Waals surface area contributed by atoms with Gasteiger partial charge in [-0.05, 0) is 31.7 Å². The number of carbonyl (C=O) groups is 1. The number of halogens is 1. The Morgan fingerprint density at radius 3 is 2.56 bits per heavy atom. The molecular formula is C12H20BrNO2. The summed E-state index contributed by atoms with van der Waals surface area (Å²) in [6, 6.07) is 0.157. The summed E-state index contributed by atoms with van der Waals surface area (Å²) >= 11 is 3.21. The van der Waals surface area contributed by atoms with Crippen molar-refractivity contribution in [3.05, 3.63) is 10.6 Å². The van der Waals surface area contributed by atoms with Crippen molar-refractivity contribution in [2.45, 2.75) is 46.4 Å². The molecule has 1 atom stereocenters. The quantitative estimate of drug-likeness (QED) is 0.732.